The lowest BCUT2D eigenvalue weighted by Gasteiger charge is -2.09. The third-order valence-electron chi connectivity index (χ3n) is 3.70. The van der Waals surface area contributed by atoms with Crippen molar-refractivity contribution in [1.82, 2.24) is 5.32 Å². The van der Waals surface area contributed by atoms with Crippen LogP contribution in [0.5, 0.6) is 5.75 Å². The van der Waals surface area contributed by atoms with Crippen LogP contribution in [0.4, 0.5) is 5.69 Å². The molecule has 0 aliphatic carbocycles. The van der Waals surface area contributed by atoms with Gasteiger partial charge in [0.1, 0.15) is 5.75 Å². The van der Waals surface area contributed by atoms with Crippen molar-refractivity contribution in [2.75, 3.05) is 13.2 Å². The van der Waals surface area contributed by atoms with Crippen LogP contribution in [-0.2, 0) is 11.2 Å². The number of nitrogens with zero attached hydrogens (tertiary/aromatic N) is 1. The zero-order valence-corrected chi connectivity index (χ0v) is 14.7. The molecule has 0 heterocycles. The van der Waals surface area contributed by atoms with Crippen LogP contribution in [0.25, 0.3) is 6.08 Å². The molecule has 136 valence electrons. The quantitative estimate of drug-likeness (QED) is 0.322. The second-order valence-electron chi connectivity index (χ2n) is 5.62. The number of nitro groups is 1. The van der Waals surface area contributed by atoms with E-state index in [1.807, 2.05) is 31.2 Å². The zero-order valence-electron chi connectivity index (χ0n) is 14.7. The van der Waals surface area contributed by atoms with Gasteiger partial charge in [-0.15, -0.1) is 0 Å². The van der Waals surface area contributed by atoms with Crippen LogP contribution in [0.3, 0.4) is 0 Å². The Bertz CT molecular complexity index is 787. The molecule has 1 amide bonds. The molecule has 2 rings (SSSR count). The fourth-order valence-corrected chi connectivity index (χ4v) is 2.47. The molecule has 6 nitrogen and oxygen atoms in total. The average Bonchev–Trinajstić information content (AvgIpc) is 2.65. The van der Waals surface area contributed by atoms with Crippen LogP contribution in [0, 0.1) is 10.1 Å². The van der Waals surface area contributed by atoms with Gasteiger partial charge in [-0.2, -0.15) is 0 Å². The predicted molar refractivity (Wildman–Crippen MR) is 101 cm³/mol. The van der Waals surface area contributed by atoms with Gasteiger partial charge in [-0.1, -0.05) is 30.3 Å². The molecule has 6 heteroatoms. The summed E-state index contributed by atoms with van der Waals surface area (Å²) in [4.78, 5) is 22.1. The predicted octanol–water partition coefficient (Wildman–Crippen LogP) is 3.76. The summed E-state index contributed by atoms with van der Waals surface area (Å²) in [7, 11) is 0. The van der Waals surface area contributed by atoms with Gasteiger partial charge in [-0.05, 0) is 43.0 Å². The number of ether oxygens (including phenoxy) is 1. The maximum Gasteiger partial charge on any atom is 0.270 e. The molecule has 0 spiro atoms. The van der Waals surface area contributed by atoms with Crippen molar-refractivity contribution in [3.63, 3.8) is 0 Å². The number of carbonyl (C=O) groups excluding carboxylic acids is 1. The van der Waals surface area contributed by atoms with E-state index < -0.39 is 4.92 Å². The SMILES string of the molecule is CCOc1ccccc1CCCNC(=O)/C=C/c1cccc([N+](=O)[O-])c1. The summed E-state index contributed by atoms with van der Waals surface area (Å²) in [6.07, 6.45) is 4.55. The first-order valence-corrected chi connectivity index (χ1v) is 8.51. The van der Waals surface area contributed by atoms with Crippen LogP contribution in [0.15, 0.2) is 54.6 Å². The van der Waals surface area contributed by atoms with Gasteiger partial charge in [0.05, 0.1) is 11.5 Å². The Morgan fingerprint density at radius 1 is 1.23 bits per heavy atom. The molecule has 0 radical (unpaired) electrons. The molecule has 0 saturated heterocycles. The number of para-hydroxylation sites is 1. The molecular weight excluding hydrogens is 332 g/mol. The molecule has 2 aromatic rings. The Hall–Kier alpha value is -3.15. The molecule has 2 aromatic carbocycles. The normalized spacial score (nSPS) is 10.7. The lowest BCUT2D eigenvalue weighted by molar-refractivity contribution is -0.384. The van der Waals surface area contributed by atoms with E-state index in [1.165, 1.54) is 18.2 Å². The lowest BCUT2D eigenvalue weighted by atomic mass is 10.1. The van der Waals surface area contributed by atoms with Gasteiger partial charge >= 0.3 is 0 Å². The summed E-state index contributed by atoms with van der Waals surface area (Å²) in [5, 5.41) is 13.6. The van der Waals surface area contributed by atoms with Crippen LogP contribution >= 0.6 is 0 Å². The summed E-state index contributed by atoms with van der Waals surface area (Å²) < 4.78 is 5.58. The maximum absolute atomic E-state index is 11.9. The van der Waals surface area contributed by atoms with Crippen LogP contribution < -0.4 is 10.1 Å². The molecule has 0 aromatic heterocycles. The first kappa shape index (κ1) is 19.2. The van der Waals surface area contributed by atoms with E-state index in [2.05, 4.69) is 5.32 Å². The number of nitrogens with one attached hydrogen (secondary N) is 1. The van der Waals surface area contributed by atoms with Crippen molar-refractivity contribution in [3.8, 4) is 5.75 Å². The summed E-state index contributed by atoms with van der Waals surface area (Å²) in [6.45, 7) is 3.11. The van der Waals surface area contributed by atoms with Crippen molar-refractivity contribution >= 4 is 17.7 Å². The minimum Gasteiger partial charge on any atom is -0.494 e. The Morgan fingerprint density at radius 3 is 2.81 bits per heavy atom. The van der Waals surface area contributed by atoms with Crippen molar-refractivity contribution < 1.29 is 14.5 Å². The first-order chi connectivity index (χ1) is 12.6. The highest BCUT2D eigenvalue weighted by Crippen LogP contribution is 2.19. The molecule has 0 aliphatic rings. The van der Waals surface area contributed by atoms with Crippen molar-refractivity contribution in [2.45, 2.75) is 19.8 Å². The van der Waals surface area contributed by atoms with Gasteiger partial charge in [0.25, 0.3) is 5.69 Å². The summed E-state index contributed by atoms with van der Waals surface area (Å²) in [5.74, 6) is 0.654. The smallest absolute Gasteiger partial charge is 0.270 e. The van der Waals surface area contributed by atoms with Crippen molar-refractivity contribution in [3.05, 3.63) is 75.8 Å². The van der Waals surface area contributed by atoms with Crippen molar-refractivity contribution in [2.24, 2.45) is 0 Å². The van der Waals surface area contributed by atoms with E-state index in [4.69, 9.17) is 4.74 Å². The Morgan fingerprint density at radius 2 is 2.04 bits per heavy atom. The van der Waals surface area contributed by atoms with Crippen molar-refractivity contribution in [1.29, 1.82) is 0 Å². The van der Waals surface area contributed by atoms with Gasteiger partial charge in [-0.3, -0.25) is 14.9 Å². The van der Waals surface area contributed by atoms with E-state index in [1.54, 1.807) is 18.2 Å². The highest BCUT2D eigenvalue weighted by Gasteiger charge is 2.05. The average molecular weight is 354 g/mol. The molecular formula is C20H22N2O4. The molecule has 0 fully saturated rings. The van der Waals surface area contributed by atoms with Crippen LogP contribution in [-0.4, -0.2) is 24.0 Å². The molecule has 0 aliphatic heterocycles. The number of amides is 1. The number of carbonyl (C=O) groups is 1. The monoisotopic (exact) mass is 354 g/mol. The summed E-state index contributed by atoms with van der Waals surface area (Å²) >= 11 is 0. The van der Waals surface area contributed by atoms with Gasteiger partial charge in [-0.25, -0.2) is 0 Å². The molecule has 0 bridgehead atoms. The number of non-ortho nitro benzene ring substituents is 1. The van der Waals surface area contributed by atoms with Gasteiger partial charge < -0.3 is 10.1 Å². The molecule has 0 atom stereocenters. The second-order valence-corrected chi connectivity index (χ2v) is 5.62. The third-order valence-corrected chi connectivity index (χ3v) is 3.70. The molecule has 1 N–H and O–H groups in total. The van der Waals surface area contributed by atoms with E-state index in [0.29, 0.717) is 18.7 Å². The number of aryl methyl sites for hydroxylation is 1. The van der Waals surface area contributed by atoms with E-state index in [-0.39, 0.29) is 11.6 Å². The maximum atomic E-state index is 11.9. The number of hydrogen-bond acceptors (Lipinski definition) is 4. The Balaban J connectivity index is 1.79. The fraction of sp³-hybridized carbons (Fsp3) is 0.250. The first-order valence-electron chi connectivity index (χ1n) is 8.51. The summed E-state index contributed by atoms with van der Waals surface area (Å²) in [6, 6.07) is 14.0. The van der Waals surface area contributed by atoms with Gasteiger partial charge in [0, 0.05) is 24.8 Å². The van der Waals surface area contributed by atoms with E-state index in [9.17, 15) is 14.9 Å². The molecule has 0 unspecified atom stereocenters. The van der Waals surface area contributed by atoms with Crippen LogP contribution in [0.2, 0.25) is 0 Å². The number of benzene rings is 2. The second kappa shape index (κ2) is 9.98. The van der Waals surface area contributed by atoms with Gasteiger partial charge in [0.15, 0.2) is 0 Å². The summed E-state index contributed by atoms with van der Waals surface area (Å²) in [5.41, 5.74) is 1.73. The highest BCUT2D eigenvalue weighted by atomic mass is 16.6. The van der Waals surface area contributed by atoms with E-state index in [0.717, 1.165) is 24.2 Å². The topological polar surface area (TPSA) is 81.5 Å². The minimum absolute atomic E-state index is 0.000483. The number of nitro benzene ring substituents is 1. The standard InChI is InChI=1S/C20H22N2O4/c1-2-26-19-11-4-3-8-17(19)9-6-14-21-20(23)13-12-16-7-5-10-18(15-16)22(24)25/h3-5,7-8,10-13,15H,2,6,9,14H2,1H3,(H,21,23)/b13-12+. The van der Waals surface area contributed by atoms with Gasteiger partial charge in [0.2, 0.25) is 5.91 Å². The largest absolute Gasteiger partial charge is 0.494 e. The molecule has 0 saturated carbocycles. The Kier molecular flexibility index (Phi) is 7.36. The number of rotatable bonds is 9. The lowest BCUT2D eigenvalue weighted by Crippen LogP contribution is -2.22. The van der Waals surface area contributed by atoms with Crippen LogP contribution in [0.1, 0.15) is 24.5 Å². The highest BCUT2D eigenvalue weighted by molar-refractivity contribution is 5.91. The Labute approximate surface area is 152 Å². The third kappa shape index (κ3) is 6.05. The molecule has 26 heavy (non-hydrogen) atoms. The zero-order chi connectivity index (χ0) is 18.8. The fourth-order valence-electron chi connectivity index (χ4n) is 2.47. The van der Waals surface area contributed by atoms with E-state index >= 15 is 0 Å². The minimum atomic E-state index is -0.461. The number of hydrogen-bond donors (Lipinski definition) is 1.